The topological polar surface area (TPSA) is 161 Å². The number of hydrogen-bond donors (Lipinski definition) is 2. The molecule has 0 aliphatic rings. The van der Waals surface area contributed by atoms with Gasteiger partial charge in [0.05, 0.1) is 11.9 Å². The van der Waals surface area contributed by atoms with E-state index in [1.807, 2.05) is 0 Å². The number of rotatable bonds is 5. The molecule has 0 aromatic heterocycles. The van der Waals surface area contributed by atoms with Crippen molar-refractivity contribution in [3.05, 3.63) is 0 Å². The molecule has 0 amide bonds. The first-order chi connectivity index (χ1) is 6.21. The van der Waals surface area contributed by atoms with Crippen LogP contribution in [-0.2, 0) is 14.4 Å². The molecule has 0 aliphatic heterocycles. The molecule has 0 saturated heterocycles. The van der Waals surface area contributed by atoms with Crippen molar-refractivity contribution in [2.75, 3.05) is 0 Å². The summed E-state index contributed by atoms with van der Waals surface area (Å²) >= 11 is 0. The van der Waals surface area contributed by atoms with E-state index in [0.717, 1.165) is 0 Å². The SMILES string of the molecule is O=C([O-])CC(O)(C(=O)[O-])C(O)C(=O)[O-].[Al+3].[Ca+2]. The molecule has 8 nitrogen and oxygen atoms in total. The smallest absolute Gasteiger partial charge is 0.550 e. The Kier molecular flexibility index (Phi) is 11.0. The van der Waals surface area contributed by atoms with Crippen molar-refractivity contribution in [3.63, 3.8) is 0 Å². The Morgan fingerprint density at radius 1 is 1.19 bits per heavy atom. The zero-order valence-corrected chi connectivity index (χ0v) is 11.3. The van der Waals surface area contributed by atoms with Gasteiger partial charge < -0.3 is 39.9 Å². The zero-order valence-electron chi connectivity index (χ0n) is 7.91. The number of carbonyl (C=O) groups excluding carboxylic acids is 3. The first-order valence-electron chi connectivity index (χ1n) is 3.24. The van der Waals surface area contributed by atoms with Crippen molar-refractivity contribution in [2.24, 2.45) is 0 Å². The maximum atomic E-state index is 10.2. The standard InChI is InChI=1S/C6H8O8.Al.Ca/c7-2(8)1-6(14,5(12)13)3(9)4(10)11;;/h3,9,14H,1H2,(H,7,8)(H,10,11)(H,12,13);;/q;+3;+2/p-3. The minimum Gasteiger partial charge on any atom is -0.550 e. The molecule has 10 heteroatoms. The minimum atomic E-state index is -3.46. The van der Waals surface area contributed by atoms with E-state index in [4.69, 9.17) is 10.2 Å². The van der Waals surface area contributed by atoms with Crippen molar-refractivity contribution in [2.45, 2.75) is 18.1 Å². The van der Waals surface area contributed by atoms with Gasteiger partial charge >= 0.3 is 55.1 Å². The summed E-state index contributed by atoms with van der Waals surface area (Å²) in [6, 6.07) is 0. The van der Waals surface area contributed by atoms with Gasteiger partial charge in [0.25, 0.3) is 0 Å². The quantitative estimate of drug-likeness (QED) is 0.466. The molecule has 0 spiro atoms. The van der Waals surface area contributed by atoms with Gasteiger partial charge in [-0.3, -0.25) is 0 Å². The number of hydrogen-bond acceptors (Lipinski definition) is 8. The molecular weight excluding hydrogens is 267 g/mol. The van der Waals surface area contributed by atoms with Gasteiger partial charge in [-0.05, 0) is 0 Å². The Morgan fingerprint density at radius 3 is 1.75 bits per heavy atom. The van der Waals surface area contributed by atoms with E-state index in [1.165, 1.54) is 0 Å². The molecule has 2 unspecified atom stereocenters. The number of aliphatic hydroxyl groups excluding tert-OH is 1. The van der Waals surface area contributed by atoms with Crippen molar-refractivity contribution >= 4 is 73.0 Å². The fraction of sp³-hybridized carbons (Fsp3) is 0.500. The van der Waals surface area contributed by atoms with Crippen LogP contribution in [-0.4, -0.2) is 94.9 Å². The van der Waals surface area contributed by atoms with E-state index in [0.29, 0.717) is 0 Å². The summed E-state index contributed by atoms with van der Waals surface area (Å²) in [5, 5.41) is 47.8. The van der Waals surface area contributed by atoms with Crippen molar-refractivity contribution < 1.29 is 39.9 Å². The van der Waals surface area contributed by atoms with E-state index >= 15 is 0 Å². The van der Waals surface area contributed by atoms with Crippen LogP contribution in [0.2, 0.25) is 0 Å². The first-order valence-corrected chi connectivity index (χ1v) is 3.24. The minimum absolute atomic E-state index is 0. The summed E-state index contributed by atoms with van der Waals surface area (Å²) in [5.74, 6) is -6.84. The Hall–Kier alpha value is 0.122. The molecule has 2 N–H and O–H groups in total. The molecule has 0 radical (unpaired) electrons. The van der Waals surface area contributed by atoms with Gasteiger partial charge in [0.15, 0.2) is 0 Å². The van der Waals surface area contributed by atoms with Crippen LogP contribution >= 0.6 is 0 Å². The fourth-order valence-corrected chi connectivity index (χ4v) is 0.695. The number of carboxylic acid groups (broad SMARTS) is 3. The van der Waals surface area contributed by atoms with Gasteiger partial charge in [-0.1, -0.05) is 0 Å². The van der Waals surface area contributed by atoms with Crippen LogP contribution in [0.4, 0.5) is 0 Å². The van der Waals surface area contributed by atoms with E-state index < -0.39 is 36.0 Å². The third-order valence-corrected chi connectivity index (χ3v) is 1.44. The van der Waals surface area contributed by atoms with Gasteiger partial charge in [-0.25, -0.2) is 0 Å². The molecule has 16 heavy (non-hydrogen) atoms. The number of aliphatic carboxylic acids is 3. The zero-order chi connectivity index (χ0) is 11.5. The largest absolute Gasteiger partial charge is 3.00 e. The number of aliphatic hydroxyl groups is 2. The van der Waals surface area contributed by atoms with Gasteiger partial charge in [-0.2, -0.15) is 0 Å². The Bertz CT molecular complexity index is 282. The van der Waals surface area contributed by atoms with E-state index in [1.54, 1.807) is 0 Å². The van der Waals surface area contributed by atoms with Gasteiger partial charge in [-0.15, -0.1) is 0 Å². The molecular formula is C6H5AlCaO8+2. The van der Waals surface area contributed by atoms with Crippen LogP contribution < -0.4 is 15.3 Å². The molecule has 0 heterocycles. The molecule has 0 fully saturated rings. The second kappa shape index (κ2) is 8.25. The van der Waals surface area contributed by atoms with E-state index in [9.17, 15) is 29.7 Å². The molecule has 80 valence electrons. The monoisotopic (exact) mass is 272 g/mol. The Labute approximate surface area is 130 Å². The van der Waals surface area contributed by atoms with E-state index in [-0.39, 0.29) is 55.1 Å². The predicted octanol–water partition coefficient (Wildman–Crippen LogP) is -7.04. The second-order valence-electron chi connectivity index (χ2n) is 2.48. The third-order valence-electron chi connectivity index (χ3n) is 1.44. The average molecular weight is 272 g/mol. The summed E-state index contributed by atoms with van der Waals surface area (Å²) in [5.41, 5.74) is -3.46. The van der Waals surface area contributed by atoms with Crippen LogP contribution in [0.1, 0.15) is 6.42 Å². The Balaban J connectivity index is -0.000000845. The Morgan fingerprint density at radius 2 is 1.56 bits per heavy atom. The van der Waals surface area contributed by atoms with Gasteiger partial charge in [0, 0.05) is 12.4 Å². The molecule has 0 aromatic carbocycles. The van der Waals surface area contributed by atoms with Crippen LogP contribution in [0.5, 0.6) is 0 Å². The van der Waals surface area contributed by atoms with E-state index in [2.05, 4.69) is 0 Å². The molecule has 0 aromatic rings. The molecule has 2 atom stereocenters. The predicted molar refractivity (Wildman–Crippen MR) is 42.1 cm³/mol. The van der Waals surface area contributed by atoms with Crippen molar-refractivity contribution in [3.8, 4) is 0 Å². The maximum absolute atomic E-state index is 10.2. The summed E-state index contributed by atoms with van der Waals surface area (Å²) in [6.45, 7) is 0. The second-order valence-corrected chi connectivity index (χ2v) is 2.48. The molecule has 0 saturated carbocycles. The van der Waals surface area contributed by atoms with Crippen LogP contribution in [0.3, 0.4) is 0 Å². The van der Waals surface area contributed by atoms with Gasteiger partial charge in [0.2, 0.25) is 0 Å². The number of carbonyl (C=O) groups is 3. The summed E-state index contributed by atoms with van der Waals surface area (Å²) in [7, 11) is 0. The fourth-order valence-electron chi connectivity index (χ4n) is 0.695. The maximum Gasteiger partial charge on any atom is 3.00 e. The van der Waals surface area contributed by atoms with Crippen LogP contribution in [0.25, 0.3) is 0 Å². The summed E-state index contributed by atoms with van der Waals surface area (Å²) in [4.78, 5) is 30.2. The van der Waals surface area contributed by atoms with Gasteiger partial charge in [0.1, 0.15) is 11.7 Å². The molecule has 0 aliphatic carbocycles. The molecule has 0 bridgehead atoms. The van der Waals surface area contributed by atoms with Crippen molar-refractivity contribution in [1.82, 2.24) is 0 Å². The summed E-state index contributed by atoms with van der Waals surface area (Å²) < 4.78 is 0. The normalized spacial score (nSPS) is 14.6. The number of carboxylic acids is 3. The summed E-state index contributed by atoms with van der Waals surface area (Å²) in [6.07, 6.45) is -4.53. The average Bonchev–Trinajstić information content (AvgIpc) is 2.00. The van der Waals surface area contributed by atoms with Crippen molar-refractivity contribution in [1.29, 1.82) is 0 Å². The third kappa shape index (κ3) is 5.45. The van der Waals surface area contributed by atoms with Crippen LogP contribution in [0, 0.1) is 0 Å². The first kappa shape index (κ1) is 21.4. The molecule has 0 rings (SSSR count). The van der Waals surface area contributed by atoms with Crippen LogP contribution in [0.15, 0.2) is 0 Å².